The van der Waals surface area contributed by atoms with Crippen molar-refractivity contribution in [1.82, 2.24) is 24.4 Å². The van der Waals surface area contributed by atoms with Gasteiger partial charge in [0.1, 0.15) is 0 Å². The first-order chi connectivity index (χ1) is 17.2. The van der Waals surface area contributed by atoms with Crippen LogP contribution < -0.4 is 15.7 Å². The average Bonchev–Trinajstić information content (AvgIpc) is 3.19. The lowest BCUT2D eigenvalue weighted by molar-refractivity contribution is 0.203. The van der Waals surface area contributed by atoms with E-state index < -0.39 is 0 Å². The van der Waals surface area contributed by atoms with E-state index in [1.54, 1.807) is 17.8 Å². The molecule has 3 aromatic heterocycles. The van der Waals surface area contributed by atoms with Gasteiger partial charge in [-0.15, -0.1) is 0 Å². The second kappa shape index (κ2) is 10.5. The summed E-state index contributed by atoms with van der Waals surface area (Å²) >= 11 is 0. The van der Waals surface area contributed by atoms with Crippen LogP contribution in [0.5, 0.6) is 5.88 Å². The van der Waals surface area contributed by atoms with Gasteiger partial charge in [0.15, 0.2) is 0 Å². The minimum atomic E-state index is -0.149. The summed E-state index contributed by atoms with van der Waals surface area (Å²) in [5, 5.41) is 4.50. The Morgan fingerprint density at radius 3 is 2.71 bits per heavy atom. The highest BCUT2D eigenvalue weighted by atomic mass is 16.5. The zero-order chi connectivity index (χ0) is 24.2. The van der Waals surface area contributed by atoms with E-state index in [1.165, 1.54) is 32.4 Å². The number of hydrogen-bond acceptors (Lipinski definition) is 6. The molecule has 0 amide bonds. The summed E-state index contributed by atoms with van der Waals surface area (Å²) in [5.74, 6) is 0.646. The van der Waals surface area contributed by atoms with Crippen LogP contribution in [-0.2, 0) is 7.05 Å². The second-order valence-corrected chi connectivity index (χ2v) is 9.31. The maximum Gasteiger partial charge on any atom is 0.326 e. The van der Waals surface area contributed by atoms with E-state index in [0.717, 1.165) is 64.7 Å². The van der Waals surface area contributed by atoms with Crippen LogP contribution in [0.4, 0.5) is 5.69 Å². The molecule has 0 atom stereocenters. The lowest BCUT2D eigenvalue weighted by Crippen LogP contribution is -2.31. The van der Waals surface area contributed by atoms with Crippen LogP contribution in [0.1, 0.15) is 39.0 Å². The second-order valence-electron chi connectivity index (χ2n) is 9.31. The maximum absolute atomic E-state index is 12.3. The highest BCUT2D eigenvalue weighted by Crippen LogP contribution is 2.37. The number of anilines is 1. The quantitative estimate of drug-likeness (QED) is 0.346. The summed E-state index contributed by atoms with van der Waals surface area (Å²) in [6, 6.07) is 8.05. The number of benzene rings is 1. The molecule has 0 radical (unpaired) electrons. The van der Waals surface area contributed by atoms with Crippen molar-refractivity contribution in [2.75, 3.05) is 38.1 Å². The molecule has 0 saturated carbocycles. The number of piperidine rings is 1. The Morgan fingerprint density at radius 1 is 1.09 bits per heavy atom. The van der Waals surface area contributed by atoms with Crippen LogP contribution in [0.25, 0.3) is 33.1 Å². The van der Waals surface area contributed by atoms with E-state index >= 15 is 0 Å². The molecule has 0 spiro atoms. The Balaban J connectivity index is 1.39. The number of nitrogens with zero attached hydrogens (tertiary/aromatic N) is 4. The van der Waals surface area contributed by atoms with Gasteiger partial charge < -0.3 is 19.9 Å². The van der Waals surface area contributed by atoms with E-state index in [1.807, 2.05) is 24.4 Å². The number of imidazole rings is 1. The zero-order valence-corrected chi connectivity index (χ0v) is 20.6. The minimum Gasteiger partial charge on any atom is -0.478 e. The highest BCUT2D eigenvalue weighted by molar-refractivity contribution is 6.12. The fourth-order valence-corrected chi connectivity index (χ4v) is 4.90. The Labute approximate surface area is 205 Å². The Hall–Kier alpha value is -3.39. The van der Waals surface area contributed by atoms with Gasteiger partial charge in [-0.25, -0.2) is 9.78 Å². The molecule has 1 aliphatic heterocycles. The topological polar surface area (TPSA) is 88.1 Å². The van der Waals surface area contributed by atoms with Gasteiger partial charge in [-0.05, 0) is 50.9 Å². The standard InChI is InChI=1S/C27H34N6O2/c1-3-12-28-25-20(9-10-21-24(25)26-22(18-29-21)32(2)27(34)31-26)19-8-11-23(30-17-19)35-16-7-15-33-13-5-4-6-14-33/h8-11,17-18,28H,3-7,12-16H2,1-2H3,(H,31,34). The summed E-state index contributed by atoms with van der Waals surface area (Å²) < 4.78 is 7.52. The lowest BCUT2D eigenvalue weighted by Gasteiger charge is -2.26. The van der Waals surface area contributed by atoms with Crippen LogP contribution in [0.15, 0.2) is 41.5 Å². The first-order valence-corrected chi connectivity index (χ1v) is 12.7. The van der Waals surface area contributed by atoms with E-state index in [4.69, 9.17) is 4.74 Å². The number of aryl methyl sites for hydroxylation is 1. The number of hydrogen-bond donors (Lipinski definition) is 2. The summed E-state index contributed by atoms with van der Waals surface area (Å²) in [4.78, 5) is 27.1. The molecule has 5 rings (SSSR count). The largest absolute Gasteiger partial charge is 0.478 e. The number of fused-ring (bicyclic) bond motifs is 3. The molecular formula is C27H34N6O2. The third-order valence-electron chi connectivity index (χ3n) is 6.83. The number of ether oxygens (including phenoxy) is 1. The van der Waals surface area contributed by atoms with Crippen molar-refractivity contribution in [3.8, 4) is 17.0 Å². The van der Waals surface area contributed by atoms with Crippen molar-refractivity contribution in [1.29, 1.82) is 0 Å². The molecule has 1 aromatic carbocycles. The van der Waals surface area contributed by atoms with Crippen molar-refractivity contribution in [3.05, 3.63) is 47.1 Å². The Morgan fingerprint density at radius 2 is 1.94 bits per heavy atom. The molecule has 0 bridgehead atoms. The van der Waals surface area contributed by atoms with E-state index in [0.29, 0.717) is 12.5 Å². The number of aromatic amines is 1. The van der Waals surface area contributed by atoms with Crippen molar-refractivity contribution in [3.63, 3.8) is 0 Å². The van der Waals surface area contributed by atoms with Crippen LogP contribution in [0, 0.1) is 0 Å². The predicted octanol–water partition coefficient (Wildman–Crippen LogP) is 4.55. The Kier molecular flexibility index (Phi) is 6.99. The molecule has 4 heterocycles. The fourth-order valence-electron chi connectivity index (χ4n) is 4.90. The van der Waals surface area contributed by atoms with Gasteiger partial charge in [-0.2, -0.15) is 0 Å². The molecule has 4 aromatic rings. The highest BCUT2D eigenvalue weighted by Gasteiger charge is 2.16. The van der Waals surface area contributed by atoms with Gasteiger partial charge in [0.05, 0.1) is 35.0 Å². The maximum atomic E-state index is 12.3. The summed E-state index contributed by atoms with van der Waals surface area (Å²) in [7, 11) is 1.76. The van der Waals surface area contributed by atoms with Gasteiger partial charge >= 0.3 is 5.69 Å². The fraction of sp³-hybridized carbons (Fsp3) is 0.444. The van der Waals surface area contributed by atoms with Gasteiger partial charge in [0.2, 0.25) is 5.88 Å². The van der Waals surface area contributed by atoms with Gasteiger partial charge in [0.25, 0.3) is 0 Å². The number of H-pyrrole nitrogens is 1. The van der Waals surface area contributed by atoms with Crippen molar-refractivity contribution < 1.29 is 4.74 Å². The van der Waals surface area contributed by atoms with Crippen molar-refractivity contribution in [2.24, 2.45) is 7.05 Å². The van der Waals surface area contributed by atoms with E-state index in [9.17, 15) is 4.79 Å². The number of pyridine rings is 2. The van der Waals surface area contributed by atoms with Crippen LogP contribution >= 0.6 is 0 Å². The zero-order valence-electron chi connectivity index (χ0n) is 20.6. The molecule has 8 nitrogen and oxygen atoms in total. The number of aromatic nitrogens is 4. The van der Waals surface area contributed by atoms with E-state index in [-0.39, 0.29) is 5.69 Å². The first kappa shape index (κ1) is 23.4. The molecule has 1 saturated heterocycles. The first-order valence-electron chi connectivity index (χ1n) is 12.7. The SMILES string of the molecule is CCCNc1c(-c2ccc(OCCCN3CCCCC3)nc2)ccc2ncc3c([nH]c(=O)n3C)c12. The molecular weight excluding hydrogens is 440 g/mol. The normalized spacial score (nSPS) is 14.6. The number of likely N-dealkylation sites (tertiary alicyclic amines) is 1. The molecule has 35 heavy (non-hydrogen) atoms. The van der Waals surface area contributed by atoms with E-state index in [2.05, 4.69) is 38.2 Å². The number of rotatable bonds is 9. The molecule has 0 unspecified atom stereocenters. The van der Waals surface area contributed by atoms with Crippen LogP contribution in [0.2, 0.25) is 0 Å². The minimum absolute atomic E-state index is 0.149. The molecule has 184 valence electrons. The predicted molar refractivity (Wildman–Crippen MR) is 141 cm³/mol. The van der Waals surface area contributed by atoms with Crippen molar-refractivity contribution >= 4 is 27.6 Å². The van der Waals surface area contributed by atoms with Crippen molar-refractivity contribution in [2.45, 2.75) is 39.0 Å². The van der Waals surface area contributed by atoms with Gasteiger partial charge in [0, 0.05) is 48.9 Å². The third kappa shape index (κ3) is 4.89. The van der Waals surface area contributed by atoms with Crippen LogP contribution in [-0.4, -0.2) is 57.2 Å². The monoisotopic (exact) mass is 474 g/mol. The molecule has 2 N–H and O–H groups in total. The average molecular weight is 475 g/mol. The molecule has 1 fully saturated rings. The molecule has 8 heteroatoms. The van der Waals surface area contributed by atoms with Crippen LogP contribution in [0.3, 0.4) is 0 Å². The molecule has 0 aliphatic carbocycles. The summed E-state index contributed by atoms with van der Waals surface area (Å²) in [6.07, 6.45) is 9.59. The third-order valence-corrected chi connectivity index (χ3v) is 6.83. The smallest absolute Gasteiger partial charge is 0.326 e. The van der Waals surface area contributed by atoms with Gasteiger partial charge in [-0.3, -0.25) is 9.55 Å². The number of nitrogens with one attached hydrogen (secondary N) is 2. The Bertz CT molecular complexity index is 1350. The lowest BCUT2D eigenvalue weighted by atomic mass is 10.0. The van der Waals surface area contributed by atoms with Gasteiger partial charge in [-0.1, -0.05) is 19.4 Å². The molecule has 1 aliphatic rings. The summed E-state index contributed by atoms with van der Waals surface area (Å²) in [5.41, 5.74) is 5.24. The summed E-state index contributed by atoms with van der Waals surface area (Å²) in [6.45, 7) is 7.14.